The predicted octanol–water partition coefficient (Wildman–Crippen LogP) is 5.25. The van der Waals surface area contributed by atoms with E-state index in [0.717, 1.165) is 74.5 Å². The van der Waals surface area contributed by atoms with Crippen molar-refractivity contribution in [2.24, 2.45) is 5.92 Å². The van der Waals surface area contributed by atoms with Crippen LogP contribution in [0.5, 0.6) is 0 Å². The average Bonchev–Trinajstić information content (AvgIpc) is 3.39. The largest absolute Gasteiger partial charge is 0.416 e. The number of anilines is 1. The van der Waals surface area contributed by atoms with Gasteiger partial charge in [0.25, 0.3) is 0 Å². The van der Waals surface area contributed by atoms with E-state index in [2.05, 4.69) is 25.1 Å². The van der Waals surface area contributed by atoms with Gasteiger partial charge in [-0.1, -0.05) is 12.1 Å². The van der Waals surface area contributed by atoms with Crippen LogP contribution >= 0.6 is 0 Å². The van der Waals surface area contributed by atoms with Crippen LogP contribution in [-0.4, -0.2) is 50.6 Å². The fourth-order valence-electron chi connectivity index (χ4n) is 5.30. The number of carbonyl (C=O) groups is 1. The number of alkyl halides is 3. The van der Waals surface area contributed by atoms with Crippen LogP contribution in [0.25, 0.3) is 11.1 Å². The number of carbonyl (C=O) groups excluding carboxylic acids is 1. The Morgan fingerprint density at radius 2 is 1.72 bits per heavy atom. The Labute approximate surface area is 207 Å². The zero-order valence-electron chi connectivity index (χ0n) is 19.9. The maximum absolute atomic E-state index is 13.5. The number of piperidine rings is 2. The van der Waals surface area contributed by atoms with Crippen LogP contribution in [0.15, 0.2) is 48.9 Å². The molecule has 1 atom stereocenters. The molecule has 2 fully saturated rings. The molecule has 0 saturated carbocycles. The number of aromatic nitrogens is 4. The zero-order valence-corrected chi connectivity index (χ0v) is 19.9. The number of aromatic amines is 1. The van der Waals surface area contributed by atoms with Gasteiger partial charge in [-0.05, 0) is 61.8 Å². The van der Waals surface area contributed by atoms with Gasteiger partial charge < -0.3 is 9.80 Å². The van der Waals surface area contributed by atoms with Crippen LogP contribution in [0.3, 0.4) is 0 Å². The van der Waals surface area contributed by atoms with Crippen molar-refractivity contribution in [1.82, 2.24) is 25.1 Å². The number of nitrogens with one attached hydrogen (secondary N) is 1. The Bertz CT molecular complexity index is 1160. The van der Waals surface area contributed by atoms with Crippen molar-refractivity contribution in [3.63, 3.8) is 0 Å². The summed E-state index contributed by atoms with van der Waals surface area (Å²) in [7, 11) is 0. The molecular formula is C26H29F3N6O. The summed E-state index contributed by atoms with van der Waals surface area (Å²) in [5, 5.41) is 7.23. The fourth-order valence-corrected chi connectivity index (χ4v) is 5.30. The summed E-state index contributed by atoms with van der Waals surface area (Å²) in [5.74, 6) is 1.16. The molecule has 3 aromatic rings. The summed E-state index contributed by atoms with van der Waals surface area (Å²) in [4.78, 5) is 26.2. The van der Waals surface area contributed by atoms with Crippen molar-refractivity contribution in [1.29, 1.82) is 0 Å². The maximum Gasteiger partial charge on any atom is 0.416 e. The summed E-state index contributed by atoms with van der Waals surface area (Å²) in [6.45, 7) is 2.32. The number of hydrogen-bond acceptors (Lipinski definition) is 5. The monoisotopic (exact) mass is 498 g/mol. The minimum Gasteiger partial charge on any atom is -0.341 e. The molecule has 4 heterocycles. The number of rotatable bonds is 5. The first kappa shape index (κ1) is 24.3. The standard InChI is InChI=1S/C26H29F3N6O/c27-26(28,29)20-7-5-19(6-8-20)21-17-32-33-24(21)22-4-1-2-13-35(22)23(36)16-18-9-14-34(15-10-18)25-30-11-3-12-31-25/h3,5-8,11-12,17-18,22H,1-2,4,9-10,13-16H2,(H,32,33)/t22-/m0/s1. The van der Waals surface area contributed by atoms with Crippen molar-refractivity contribution in [2.45, 2.75) is 50.7 Å². The Morgan fingerprint density at radius 3 is 2.42 bits per heavy atom. The van der Waals surface area contributed by atoms with Gasteiger partial charge in [0.2, 0.25) is 11.9 Å². The van der Waals surface area contributed by atoms with E-state index in [1.807, 2.05) is 4.90 Å². The molecule has 1 aromatic carbocycles. The molecule has 1 amide bonds. The summed E-state index contributed by atoms with van der Waals surface area (Å²) >= 11 is 0. The Kier molecular flexibility index (Phi) is 6.93. The fraction of sp³-hybridized carbons (Fsp3) is 0.462. The third-order valence-electron chi connectivity index (χ3n) is 7.26. The smallest absolute Gasteiger partial charge is 0.341 e. The maximum atomic E-state index is 13.5. The van der Waals surface area contributed by atoms with Crippen LogP contribution < -0.4 is 4.90 Å². The third kappa shape index (κ3) is 5.22. The van der Waals surface area contributed by atoms with E-state index in [4.69, 9.17) is 0 Å². The van der Waals surface area contributed by atoms with Gasteiger partial charge in [-0.25, -0.2) is 9.97 Å². The Morgan fingerprint density at radius 1 is 1.00 bits per heavy atom. The minimum atomic E-state index is -4.38. The van der Waals surface area contributed by atoms with Gasteiger partial charge in [0.15, 0.2) is 0 Å². The lowest BCUT2D eigenvalue weighted by atomic mass is 9.90. The molecule has 2 aromatic heterocycles. The van der Waals surface area contributed by atoms with Crippen LogP contribution in [0.2, 0.25) is 0 Å². The molecule has 0 aliphatic carbocycles. The van der Waals surface area contributed by atoms with E-state index >= 15 is 0 Å². The van der Waals surface area contributed by atoms with E-state index in [9.17, 15) is 18.0 Å². The predicted molar refractivity (Wildman–Crippen MR) is 129 cm³/mol. The summed E-state index contributed by atoms with van der Waals surface area (Å²) < 4.78 is 39.0. The normalized spacial score (nSPS) is 19.5. The van der Waals surface area contributed by atoms with Crippen molar-refractivity contribution in [3.8, 4) is 11.1 Å². The van der Waals surface area contributed by atoms with Crippen molar-refractivity contribution in [2.75, 3.05) is 24.5 Å². The van der Waals surface area contributed by atoms with Gasteiger partial charge >= 0.3 is 6.18 Å². The van der Waals surface area contributed by atoms with Crippen molar-refractivity contribution >= 4 is 11.9 Å². The lowest BCUT2D eigenvalue weighted by Crippen LogP contribution is -2.41. The van der Waals surface area contributed by atoms with Crippen LogP contribution in [0.4, 0.5) is 19.1 Å². The quantitative estimate of drug-likeness (QED) is 0.520. The van der Waals surface area contributed by atoms with E-state index < -0.39 is 11.7 Å². The number of hydrogen-bond donors (Lipinski definition) is 1. The number of halogens is 3. The average molecular weight is 499 g/mol. The molecule has 1 N–H and O–H groups in total. The lowest BCUT2D eigenvalue weighted by Gasteiger charge is -2.38. The van der Waals surface area contributed by atoms with Crippen LogP contribution in [-0.2, 0) is 11.0 Å². The van der Waals surface area contributed by atoms with E-state index in [0.29, 0.717) is 24.4 Å². The highest BCUT2D eigenvalue weighted by molar-refractivity contribution is 5.78. The van der Waals surface area contributed by atoms with E-state index in [1.165, 1.54) is 12.1 Å². The molecule has 10 heteroatoms. The van der Waals surface area contributed by atoms with E-state index in [-0.39, 0.29) is 11.9 Å². The summed E-state index contributed by atoms with van der Waals surface area (Å²) in [5.41, 5.74) is 1.50. The van der Waals surface area contributed by atoms with Crippen LogP contribution in [0.1, 0.15) is 55.8 Å². The third-order valence-corrected chi connectivity index (χ3v) is 7.26. The second-order valence-electron chi connectivity index (χ2n) is 9.55. The molecule has 0 unspecified atom stereocenters. The molecular weight excluding hydrogens is 469 g/mol. The second-order valence-corrected chi connectivity index (χ2v) is 9.55. The first-order valence-electron chi connectivity index (χ1n) is 12.4. The number of amides is 1. The molecule has 0 bridgehead atoms. The van der Waals surface area contributed by atoms with Gasteiger partial charge in [0.05, 0.1) is 23.5 Å². The lowest BCUT2D eigenvalue weighted by molar-refractivity contribution is -0.138. The molecule has 2 aliphatic heterocycles. The second kappa shape index (κ2) is 10.3. The zero-order chi connectivity index (χ0) is 25.1. The number of likely N-dealkylation sites (tertiary alicyclic amines) is 1. The van der Waals surface area contributed by atoms with Crippen molar-refractivity contribution in [3.05, 3.63) is 60.2 Å². The first-order chi connectivity index (χ1) is 17.4. The van der Waals surface area contributed by atoms with Crippen LogP contribution in [0, 0.1) is 5.92 Å². The minimum absolute atomic E-state index is 0.127. The number of nitrogens with zero attached hydrogens (tertiary/aromatic N) is 5. The van der Waals surface area contributed by atoms with Gasteiger partial charge in [-0.2, -0.15) is 18.3 Å². The van der Waals surface area contributed by atoms with Gasteiger partial charge in [-0.15, -0.1) is 0 Å². The molecule has 7 nitrogen and oxygen atoms in total. The van der Waals surface area contributed by atoms with Gasteiger partial charge in [0.1, 0.15) is 0 Å². The first-order valence-corrected chi connectivity index (χ1v) is 12.4. The number of benzene rings is 1. The summed E-state index contributed by atoms with van der Waals surface area (Å²) in [6, 6.07) is 6.74. The van der Waals surface area contributed by atoms with E-state index in [1.54, 1.807) is 24.7 Å². The highest BCUT2D eigenvalue weighted by Gasteiger charge is 2.34. The number of H-pyrrole nitrogens is 1. The SMILES string of the molecule is O=C(CC1CCN(c2ncccn2)CC1)N1CCCC[C@H]1c1[nH]ncc1-c1ccc(C(F)(F)F)cc1. The molecule has 0 spiro atoms. The topological polar surface area (TPSA) is 78.0 Å². The Balaban J connectivity index is 1.26. The van der Waals surface area contributed by atoms with Crippen molar-refractivity contribution < 1.29 is 18.0 Å². The summed E-state index contributed by atoms with van der Waals surface area (Å²) in [6.07, 6.45) is 5.75. The van der Waals surface area contributed by atoms with Gasteiger partial charge in [-0.3, -0.25) is 9.89 Å². The highest BCUT2D eigenvalue weighted by atomic mass is 19.4. The molecule has 0 radical (unpaired) electrons. The Hall–Kier alpha value is -3.43. The van der Waals surface area contributed by atoms with Gasteiger partial charge in [0, 0.05) is 44.0 Å². The molecule has 2 aliphatic rings. The molecule has 5 rings (SSSR count). The molecule has 2 saturated heterocycles. The molecule has 190 valence electrons. The molecule has 36 heavy (non-hydrogen) atoms. The highest BCUT2D eigenvalue weighted by Crippen LogP contribution is 2.38.